The van der Waals surface area contributed by atoms with Gasteiger partial charge in [-0.2, -0.15) is 0 Å². The summed E-state index contributed by atoms with van der Waals surface area (Å²) in [4.78, 5) is 71.5. The molecular formula is C35H47N14O16P3S2. The predicted molar refractivity (Wildman–Crippen MR) is 246 cm³/mol. The number of aliphatic hydroxyl groups excluding tert-OH is 2. The van der Waals surface area contributed by atoms with Gasteiger partial charge in [-0.25, -0.2) is 44.9 Å². The maximum Gasteiger partial charge on any atom is 0.327 e. The smallest absolute Gasteiger partial charge is 0.327 e. The number of fused-ring (bicyclic) bond motifs is 3. The topological polar surface area (TPSA) is 393 Å². The van der Waals surface area contributed by atoms with Crippen LogP contribution >= 0.6 is 21.0 Å². The zero-order chi connectivity index (χ0) is 49.9. The Balaban J connectivity index is 0.940. The van der Waals surface area contributed by atoms with Crippen LogP contribution in [0.5, 0.6) is 0 Å². The van der Waals surface area contributed by atoms with Crippen molar-refractivity contribution in [2.45, 2.75) is 87.0 Å². The minimum atomic E-state index is -4.37. The highest BCUT2D eigenvalue weighted by Crippen LogP contribution is 2.54. The first-order valence-electron chi connectivity index (χ1n) is 20.9. The molecule has 3 aliphatic rings. The number of aromatic nitrogens is 12. The quantitative estimate of drug-likeness (QED) is 0.0520. The molecular weight excluding hydrogens is 1030 g/mol. The van der Waals surface area contributed by atoms with Gasteiger partial charge in [0.1, 0.15) is 84.4 Å². The van der Waals surface area contributed by atoms with Crippen molar-refractivity contribution in [1.29, 1.82) is 0 Å². The Morgan fingerprint density at radius 2 is 1.06 bits per heavy atom. The van der Waals surface area contributed by atoms with Crippen molar-refractivity contribution < 1.29 is 75.8 Å². The van der Waals surface area contributed by atoms with Crippen LogP contribution in [0.4, 0.5) is 11.6 Å². The van der Waals surface area contributed by atoms with Crippen LogP contribution in [0.3, 0.4) is 0 Å². The third kappa shape index (κ3) is 9.98. The van der Waals surface area contributed by atoms with E-state index in [2.05, 4.69) is 44.9 Å². The second-order valence-electron chi connectivity index (χ2n) is 16.0. The van der Waals surface area contributed by atoms with Crippen LogP contribution in [0.25, 0.3) is 33.5 Å². The van der Waals surface area contributed by atoms with E-state index in [1.54, 1.807) is 6.92 Å². The fraction of sp³-hybridized carbons (Fsp3) is 0.571. The molecule has 0 radical (unpaired) electrons. The number of anilines is 2. The molecule has 35 heteroatoms. The Morgan fingerprint density at radius 3 is 1.59 bits per heavy atom. The number of nitrogens with two attached hydrogens (primary N) is 2. The van der Waals surface area contributed by atoms with E-state index in [1.807, 2.05) is 0 Å². The second-order valence-corrected chi connectivity index (χ2v) is 23.7. The van der Waals surface area contributed by atoms with E-state index in [4.69, 9.17) is 81.4 Å². The summed E-state index contributed by atoms with van der Waals surface area (Å²) in [6.07, 6.45) is -7.24. The van der Waals surface area contributed by atoms with Gasteiger partial charge in [0, 0.05) is 21.3 Å². The van der Waals surface area contributed by atoms with E-state index in [0.717, 1.165) is 7.11 Å². The Hall–Kier alpha value is -3.82. The van der Waals surface area contributed by atoms with E-state index in [9.17, 15) is 29.5 Å². The summed E-state index contributed by atoms with van der Waals surface area (Å²) in [7, 11) is -0.227. The number of nitrogens with zero attached hydrogens (tertiary/aromatic N) is 12. The number of ether oxygens (including phenoxy) is 5. The minimum Gasteiger partial charge on any atom is -0.387 e. The lowest BCUT2D eigenvalue weighted by Crippen LogP contribution is -2.38. The van der Waals surface area contributed by atoms with Crippen molar-refractivity contribution >= 4 is 89.8 Å². The average Bonchev–Trinajstić information content (AvgIpc) is 4.19. The summed E-state index contributed by atoms with van der Waals surface area (Å²) in [5.74, 6) is 0.123. The molecule has 9 N–H and O–H groups in total. The molecule has 0 bridgehead atoms. The molecule has 0 amide bonds. The van der Waals surface area contributed by atoms with Crippen molar-refractivity contribution in [3.8, 4) is 0 Å². The number of hydrogen-bond donors (Lipinski definition) is 7. The Bertz CT molecular complexity index is 3010. The van der Waals surface area contributed by atoms with Gasteiger partial charge in [-0.3, -0.25) is 27.3 Å². The van der Waals surface area contributed by atoms with Crippen molar-refractivity contribution in [2.75, 3.05) is 52.2 Å². The van der Waals surface area contributed by atoms with Crippen molar-refractivity contribution in [3.05, 3.63) is 43.7 Å². The van der Waals surface area contributed by atoms with Gasteiger partial charge >= 0.3 is 21.0 Å². The van der Waals surface area contributed by atoms with E-state index < -0.39 is 108 Å². The van der Waals surface area contributed by atoms with E-state index in [0.29, 0.717) is 16.9 Å². The third-order valence-electron chi connectivity index (χ3n) is 11.9. The SMILES string of the molecule is COC1C(CCP(=O)(O)OC)OC(n2cnc3c(N)ncnc32)C1OP(O)(=S)OCC1OC(n2cnc3c(N)ncnc32)C(OP(O)(=S)OCC2OC(n3cnc4c(C)ncnc43)C(O)C2O)C1OC. The number of rotatable bonds is 19. The molecule has 70 heavy (non-hydrogen) atoms. The number of aryl methyl sites for hydroxylation is 1. The molecule has 0 aromatic carbocycles. The van der Waals surface area contributed by atoms with Gasteiger partial charge in [0.15, 0.2) is 47.3 Å². The summed E-state index contributed by atoms with van der Waals surface area (Å²) in [6.45, 7) is -8.08. The zero-order valence-corrected chi connectivity index (χ0v) is 41.4. The summed E-state index contributed by atoms with van der Waals surface area (Å²) < 4.78 is 76.1. The molecule has 6 aromatic heterocycles. The van der Waals surface area contributed by atoms with E-state index in [-0.39, 0.29) is 46.5 Å². The monoisotopic (exact) mass is 1080 g/mol. The lowest BCUT2D eigenvalue weighted by Gasteiger charge is -2.29. The summed E-state index contributed by atoms with van der Waals surface area (Å²) in [6, 6.07) is 0. The summed E-state index contributed by atoms with van der Waals surface area (Å²) >= 11 is 11.1. The predicted octanol–water partition coefficient (Wildman–Crippen LogP) is -0.118. The molecule has 3 fully saturated rings. The van der Waals surface area contributed by atoms with Crippen LogP contribution in [0.1, 0.15) is 30.8 Å². The van der Waals surface area contributed by atoms with Gasteiger partial charge < -0.3 is 73.6 Å². The maximum absolute atomic E-state index is 12.5. The largest absolute Gasteiger partial charge is 0.387 e. The molecule has 15 atom stereocenters. The van der Waals surface area contributed by atoms with Crippen molar-refractivity contribution in [2.24, 2.45) is 0 Å². The first-order chi connectivity index (χ1) is 33.3. The van der Waals surface area contributed by atoms with Gasteiger partial charge in [0.05, 0.1) is 50.2 Å². The number of hydrogen-bond acceptors (Lipinski definition) is 26. The molecule has 0 aliphatic carbocycles. The first kappa shape index (κ1) is 51.1. The molecule has 0 spiro atoms. The maximum atomic E-state index is 12.5. The van der Waals surface area contributed by atoms with Crippen molar-refractivity contribution in [1.82, 2.24) is 58.6 Å². The second kappa shape index (κ2) is 20.2. The molecule has 9 rings (SSSR count). The van der Waals surface area contributed by atoms with Crippen LogP contribution in [-0.4, -0.2) is 179 Å². The lowest BCUT2D eigenvalue weighted by molar-refractivity contribution is -0.0591. The van der Waals surface area contributed by atoms with Gasteiger partial charge in [-0.05, 0) is 37.0 Å². The van der Waals surface area contributed by atoms with Gasteiger partial charge in [-0.15, -0.1) is 0 Å². The Labute approximate surface area is 405 Å². The zero-order valence-electron chi connectivity index (χ0n) is 37.1. The number of methoxy groups -OCH3 is 2. The normalized spacial score (nSPS) is 30.9. The van der Waals surface area contributed by atoms with Crippen molar-refractivity contribution in [3.63, 3.8) is 0 Å². The molecule has 380 valence electrons. The highest BCUT2D eigenvalue weighted by Gasteiger charge is 2.53. The summed E-state index contributed by atoms with van der Waals surface area (Å²) in [5.41, 5.74) is 14.4. The molecule has 6 aromatic rings. The average molecular weight is 1080 g/mol. The number of nitrogen functional groups attached to an aromatic ring is 2. The first-order valence-corrected chi connectivity index (χ1v) is 27.9. The highest BCUT2D eigenvalue weighted by molar-refractivity contribution is 8.07. The van der Waals surface area contributed by atoms with Crippen LogP contribution in [-0.2, 0) is 74.5 Å². The number of aliphatic hydroxyl groups is 2. The van der Waals surface area contributed by atoms with E-state index in [1.165, 1.54) is 65.9 Å². The Morgan fingerprint density at radius 1 is 0.614 bits per heavy atom. The molecule has 0 saturated carbocycles. The van der Waals surface area contributed by atoms with Gasteiger partial charge in [-0.1, -0.05) is 0 Å². The van der Waals surface area contributed by atoms with Gasteiger partial charge in [0.25, 0.3) is 0 Å². The minimum absolute atomic E-state index is 0.0486. The highest BCUT2D eigenvalue weighted by atomic mass is 32.5. The third-order valence-corrected chi connectivity index (χ3v) is 16.4. The molecule has 15 unspecified atom stereocenters. The van der Waals surface area contributed by atoms with Crippen LogP contribution in [0.2, 0.25) is 0 Å². The Kier molecular flexibility index (Phi) is 14.8. The van der Waals surface area contributed by atoms with Crippen LogP contribution in [0.15, 0.2) is 38.0 Å². The fourth-order valence-electron chi connectivity index (χ4n) is 8.48. The van der Waals surface area contributed by atoms with Crippen LogP contribution in [0, 0.1) is 6.92 Å². The summed E-state index contributed by atoms with van der Waals surface area (Å²) in [5, 5.41) is 22.1. The molecule has 9 heterocycles. The number of imidazole rings is 3. The van der Waals surface area contributed by atoms with Gasteiger partial charge in [0.2, 0.25) is 0 Å². The molecule has 3 aliphatic heterocycles. The standard InChI is InChI=1S/C35H47N14O16P3S2/c1-15-19-30(41-9-38-15)47(12-44-19)33-23(51)22(50)17(62-33)7-59-67(54,69)65-27-25(57-3)18(63-35(27)49-14-46-21-29(37)40-11-43-32(21)49)8-60-68(55,70)64-26-24(56-2)16(5-6-66(52,53)58-4)61-34(26)48-13-45-20-28(36)39-10-42-31(20)48/h9-14,16-18,22-27,33-35,50-51H,5-8H2,1-4H3,(H,52,53)(H,54,69)(H,55,70)(H2,36,39,42)(H2,37,40,43). The molecule has 30 nitrogen and oxygen atoms in total. The van der Waals surface area contributed by atoms with Crippen LogP contribution < -0.4 is 11.5 Å². The van der Waals surface area contributed by atoms with E-state index >= 15 is 0 Å². The molecule has 3 saturated heterocycles. The fourth-order valence-corrected chi connectivity index (χ4v) is 12.1. The lowest BCUT2D eigenvalue weighted by atomic mass is 10.1.